The summed E-state index contributed by atoms with van der Waals surface area (Å²) in [4.78, 5) is 12.1. The number of anilines is 1. The second-order valence-corrected chi connectivity index (χ2v) is 5.87. The molecule has 2 rings (SSSR count). The van der Waals surface area contributed by atoms with Crippen molar-refractivity contribution in [1.29, 1.82) is 0 Å². The van der Waals surface area contributed by atoms with E-state index in [0.29, 0.717) is 45.2 Å². The molecule has 0 atom stereocenters. The zero-order valence-electron chi connectivity index (χ0n) is 13.8. The Morgan fingerprint density at radius 2 is 1.92 bits per heavy atom. The molecule has 0 spiro atoms. The van der Waals surface area contributed by atoms with Gasteiger partial charge in [0.25, 0.3) is 0 Å². The molecule has 0 radical (unpaired) electrons. The maximum absolute atomic E-state index is 12.2. The van der Waals surface area contributed by atoms with Crippen LogP contribution in [0.15, 0.2) is 12.4 Å². The van der Waals surface area contributed by atoms with Crippen LogP contribution in [-0.2, 0) is 11.3 Å². The Hall–Kier alpha value is -1.45. The van der Waals surface area contributed by atoms with Crippen molar-refractivity contribution in [3.8, 4) is 0 Å². The van der Waals surface area contributed by atoms with Gasteiger partial charge in [0.05, 0.1) is 19.8 Å². The quantitative estimate of drug-likeness (QED) is 0.715. The molecule has 1 aliphatic heterocycles. The van der Waals surface area contributed by atoms with Crippen LogP contribution in [0.3, 0.4) is 0 Å². The third-order valence-corrected chi connectivity index (χ3v) is 3.66. The fraction of sp³-hybridized carbons (Fsp3) is 0.733. The van der Waals surface area contributed by atoms with Crippen molar-refractivity contribution in [2.45, 2.75) is 19.1 Å². The Bertz CT molecular complexity index is 477. The summed E-state index contributed by atoms with van der Waals surface area (Å²) in [5, 5.41) is 3.20. The number of morpholine rings is 1. The molecule has 2 heterocycles. The van der Waals surface area contributed by atoms with Crippen LogP contribution in [0.2, 0.25) is 0 Å². The lowest BCUT2D eigenvalue weighted by atomic mass is 10.3. The van der Waals surface area contributed by atoms with Gasteiger partial charge >= 0.3 is 6.18 Å². The molecule has 1 aliphatic rings. The molecule has 0 amide bonds. The van der Waals surface area contributed by atoms with Gasteiger partial charge in [-0.1, -0.05) is 0 Å². The number of halogens is 3. The summed E-state index contributed by atoms with van der Waals surface area (Å²) in [7, 11) is 1.48. The first-order valence-electron chi connectivity index (χ1n) is 8.04. The summed E-state index contributed by atoms with van der Waals surface area (Å²) in [6, 6.07) is 0. The number of hydrogen-bond acceptors (Lipinski definition) is 6. The van der Waals surface area contributed by atoms with E-state index in [9.17, 15) is 13.2 Å². The van der Waals surface area contributed by atoms with Gasteiger partial charge < -0.3 is 15.0 Å². The summed E-state index contributed by atoms with van der Waals surface area (Å²) in [6.07, 6.45) is 0.0716. The molecule has 0 aliphatic carbocycles. The number of rotatable bonds is 8. The van der Waals surface area contributed by atoms with Crippen molar-refractivity contribution in [3.05, 3.63) is 18.0 Å². The van der Waals surface area contributed by atoms with E-state index in [1.807, 2.05) is 0 Å². The van der Waals surface area contributed by atoms with E-state index >= 15 is 0 Å². The molecule has 0 saturated carbocycles. The van der Waals surface area contributed by atoms with Gasteiger partial charge in [-0.05, 0) is 26.6 Å². The summed E-state index contributed by atoms with van der Waals surface area (Å²) in [6.45, 7) is 3.75. The third kappa shape index (κ3) is 6.98. The number of alkyl halides is 3. The molecule has 24 heavy (non-hydrogen) atoms. The summed E-state index contributed by atoms with van der Waals surface area (Å²) in [5.41, 5.74) is 0.954. The monoisotopic (exact) mass is 347 g/mol. The Balaban J connectivity index is 1.62. The average Bonchev–Trinajstić information content (AvgIpc) is 2.54. The molecule has 0 aromatic carbocycles. The highest BCUT2D eigenvalue weighted by molar-refractivity contribution is 5.30. The van der Waals surface area contributed by atoms with Gasteiger partial charge in [0.15, 0.2) is 0 Å². The molecule has 0 bridgehead atoms. The molecule has 9 heteroatoms. The van der Waals surface area contributed by atoms with Crippen LogP contribution in [0.4, 0.5) is 19.1 Å². The summed E-state index contributed by atoms with van der Waals surface area (Å²) in [5.74, 6) is 0.704. The van der Waals surface area contributed by atoms with Crippen molar-refractivity contribution >= 4 is 5.95 Å². The molecule has 1 saturated heterocycles. The maximum atomic E-state index is 12.2. The zero-order chi connectivity index (χ0) is 17.4. The van der Waals surface area contributed by atoms with Crippen molar-refractivity contribution < 1.29 is 17.9 Å². The molecule has 136 valence electrons. The van der Waals surface area contributed by atoms with Crippen LogP contribution in [0, 0.1) is 0 Å². The molecule has 1 aromatic heterocycles. The molecule has 0 unspecified atom stereocenters. The van der Waals surface area contributed by atoms with E-state index in [-0.39, 0.29) is 0 Å². The van der Waals surface area contributed by atoms with Crippen molar-refractivity contribution in [3.63, 3.8) is 0 Å². The maximum Gasteiger partial charge on any atom is 0.401 e. The van der Waals surface area contributed by atoms with E-state index in [0.717, 1.165) is 18.7 Å². The van der Waals surface area contributed by atoms with Crippen molar-refractivity contribution in [2.75, 3.05) is 57.9 Å². The standard InChI is InChI=1S/C15H24F3N5O/c1-22(12-15(16,17)18)4-2-3-19-9-13-10-20-14(21-11-13)23-5-7-24-8-6-23/h10-11,19H,2-9,12H2,1H3. The Kier molecular flexibility index (Phi) is 7.19. The predicted molar refractivity (Wildman–Crippen MR) is 84.9 cm³/mol. The highest BCUT2D eigenvalue weighted by atomic mass is 19.4. The van der Waals surface area contributed by atoms with Crippen LogP contribution < -0.4 is 10.2 Å². The van der Waals surface area contributed by atoms with Gasteiger partial charge in [-0.2, -0.15) is 13.2 Å². The van der Waals surface area contributed by atoms with Gasteiger partial charge in [-0.15, -0.1) is 0 Å². The lowest BCUT2D eigenvalue weighted by Crippen LogP contribution is -2.37. The van der Waals surface area contributed by atoms with E-state index in [2.05, 4.69) is 20.2 Å². The Morgan fingerprint density at radius 1 is 1.25 bits per heavy atom. The molecule has 1 aromatic rings. The molecular weight excluding hydrogens is 323 g/mol. The minimum atomic E-state index is -4.14. The number of nitrogens with zero attached hydrogens (tertiary/aromatic N) is 4. The fourth-order valence-corrected chi connectivity index (χ4v) is 2.46. The lowest BCUT2D eigenvalue weighted by Gasteiger charge is -2.26. The highest BCUT2D eigenvalue weighted by Gasteiger charge is 2.28. The fourth-order valence-electron chi connectivity index (χ4n) is 2.46. The first-order valence-corrected chi connectivity index (χ1v) is 8.04. The predicted octanol–water partition coefficient (Wildman–Crippen LogP) is 1.29. The van der Waals surface area contributed by atoms with Gasteiger partial charge in [-0.25, -0.2) is 9.97 Å². The van der Waals surface area contributed by atoms with Crippen LogP contribution in [-0.4, -0.2) is 74.0 Å². The van der Waals surface area contributed by atoms with Gasteiger partial charge in [0.2, 0.25) is 5.95 Å². The first kappa shape index (κ1) is 18.9. The van der Waals surface area contributed by atoms with E-state index in [4.69, 9.17) is 4.74 Å². The number of hydrogen-bond donors (Lipinski definition) is 1. The molecule has 1 fully saturated rings. The van der Waals surface area contributed by atoms with Crippen LogP contribution in [0.5, 0.6) is 0 Å². The van der Waals surface area contributed by atoms with Crippen LogP contribution in [0.1, 0.15) is 12.0 Å². The highest BCUT2D eigenvalue weighted by Crippen LogP contribution is 2.15. The van der Waals surface area contributed by atoms with Gasteiger partial charge in [-0.3, -0.25) is 4.90 Å². The Labute approximate surface area is 140 Å². The van der Waals surface area contributed by atoms with E-state index in [1.54, 1.807) is 12.4 Å². The van der Waals surface area contributed by atoms with Crippen molar-refractivity contribution in [2.24, 2.45) is 0 Å². The van der Waals surface area contributed by atoms with Crippen LogP contribution in [0.25, 0.3) is 0 Å². The zero-order valence-corrected chi connectivity index (χ0v) is 13.8. The van der Waals surface area contributed by atoms with E-state index < -0.39 is 12.7 Å². The minimum Gasteiger partial charge on any atom is -0.378 e. The number of ether oxygens (including phenoxy) is 1. The topological polar surface area (TPSA) is 53.5 Å². The van der Waals surface area contributed by atoms with Gasteiger partial charge in [0, 0.05) is 37.6 Å². The molecule has 1 N–H and O–H groups in total. The smallest absolute Gasteiger partial charge is 0.378 e. The average molecular weight is 347 g/mol. The number of aromatic nitrogens is 2. The van der Waals surface area contributed by atoms with E-state index in [1.165, 1.54) is 11.9 Å². The lowest BCUT2D eigenvalue weighted by molar-refractivity contribution is -0.143. The molecular formula is C15H24F3N5O. The van der Waals surface area contributed by atoms with Gasteiger partial charge in [0.1, 0.15) is 0 Å². The second kappa shape index (κ2) is 9.14. The van der Waals surface area contributed by atoms with Crippen LogP contribution >= 0.6 is 0 Å². The normalized spacial score (nSPS) is 16.0. The minimum absolute atomic E-state index is 0.402. The number of nitrogens with one attached hydrogen (secondary N) is 1. The summed E-state index contributed by atoms with van der Waals surface area (Å²) < 4.78 is 41.9. The summed E-state index contributed by atoms with van der Waals surface area (Å²) >= 11 is 0. The Morgan fingerprint density at radius 3 is 2.54 bits per heavy atom. The molecule has 6 nitrogen and oxygen atoms in total. The second-order valence-electron chi connectivity index (χ2n) is 5.87. The van der Waals surface area contributed by atoms with Crippen molar-refractivity contribution in [1.82, 2.24) is 20.2 Å². The first-order chi connectivity index (χ1) is 11.4. The third-order valence-electron chi connectivity index (χ3n) is 3.66. The SMILES string of the molecule is CN(CCCNCc1cnc(N2CCOCC2)nc1)CC(F)(F)F. The largest absolute Gasteiger partial charge is 0.401 e.